The third-order valence-corrected chi connectivity index (χ3v) is 15.7. The van der Waals surface area contributed by atoms with Gasteiger partial charge in [0.2, 0.25) is 8.32 Å². The third-order valence-electron chi connectivity index (χ3n) is 11.3. The number of benzene rings is 1. The maximum absolute atomic E-state index is 13.5. The molecule has 3 nitrogen and oxygen atoms in total. The summed E-state index contributed by atoms with van der Waals surface area (Å²) in [6.45, 7) is 22.4. The van der Waals surface area contributed by atoms with Crippen molar-refractivity contribution in [2.75, 3.05) is 0 Å². The Labute approximate surface area is 228 Å². The fraction of sp³-hybridized carbons (Fsp3) is 0.788. The van der Waals surface area contributed by atoms with Crippen molar-refractivity contribution >= 4 is 14.3 Å². The minimum absolute atomic E-state index is 0.0155. The molecule has 0 amide bonds. The first kappa shape index (κ1) is 28.7. The van der Waals surface area contributed by atoms with E-state index in [0.717, 1.165) is 36.3 Å². The molecule has 0 N–H and O–H groups in total. The van der Waals surface area contributed by atoms with Gasteiger partial charge in [-0.3, -0.25) is 4.79 Å². The minimum Gasteiger partial charge on any atom is -0.544 e. The molecule has 2 unspecified atom stereocenters. The van der Waals surface area contributed by atoms with Gasteiger partial charge in [-0.1, -0.05) is 53.7 Å². The molecule has 0 aliphatic heterocycles. The number of hydrogen-bond acceptors (Lipinski definition) is 3. The van der Waals surface area contributed by atoms with E-state index in [-0.39, 0.29) is 33.4 Å². The monoisotopic (exact) mass is 526 g/mol. The summed E-state index contributed by atoms with van der Waals surface area (Å²) in [7, 11) is -1.87. The highest BCUT2D eigenvalue weighted by molar-refractivity contribution is 6.74. The van der Waals surface area contributed by atoms with Crippen LogP contribution in [0.2, 0.25) is 18.1 Å². The van der Waals surface area contributed by atoms with Crippen LogP contribution in [0.5, 0.6) is 5.75 Å². The van der Waals surface area contributed by atoms with Gasteiger partial charge >= 0.3 is 5.97 Å². The van der Waals surface area contributed by atoms with Crippen LogP contribution in [0.4, 0.5) is 0 Å². The van der Waals surface area contributed by atoms with Crippen molar-refractivity contribution in [3.63, 3.8) is 0 Å². The van der Waals surface area contributed by atoms with Crippen LogP contribution in [-0.4, -0.2) is 19.9 Å². The summed E-state index contributed by atoms with van der Waals surface area (Å²) in [5.41, 5.74) is 0.987. The summed E-state index contributed by atoms with van der Waals surface area (Å²) in [4.78, 5) is 13.5. The van der Waals surface area contributed by atoms with Gasteiger partial charge in [0.25, 0.3) is 0 Å². The molecule has 4 fully saturated rings. The summed E-state index contributed by atoms with van der Waals surface area (Å²) >= 11 is 0. The van der Waals surface area contributed by atoms with Crippen molar-refractivity contribution < 1.29 is 14.0 Å². The Morgan fingerprint density at radius 1 is 0.946 bits per heavy atom. The predicted octanol–water partition coefficient (Wildman–Crippen LogP) is 9.30. The Kier molecular flexibility index (Phi) is 7.54. The van der Waals surface area contributed by atoms with Gasteiger partial charge in [-0.25, -0.2) is 0 Å². The van der Waals surface area contributed by atoms with Crippen LogP contribution in [-0.2, 0) is 14.9 Å². The van der Waals surface area contributed by atoms with E-state index in [0.29, 0.717) is 0 Å². The summed E-state index contributed by atoms with van der Waals surface area (Å²) in [6, 6.07) is 8.68. The fourth-order valence-electron chi connectivity index (χ4n) is 7.91. The zero-order valence-electron chi connectivity index (χ0n) is 25.5. The lowest BCUT2D eigenvalue weighted by molar-refractivity contribution is -0.202. The maximum atomic E-state index is 13.5. The highest BCUT2D eigenvalue weighted by atomic mass is 28.4. The van der Waals surface area contributed by atoms with Crippen molar-refractivity contribution in [2.24, 2.45) is 29.1 Å². The topological polar surface area (TPSA) is 35.5 Å². The number of hydrogen-bond donors (Lipinski definition) is 0. The molecule has 5 rings (SSSR count). The molecule has 4 aliphatic rings. The van der Waals surface area contributed by atoms with Gasteiger partial charge in [-0.2, -0.15) is 0 Å². The molecule has 4 saturated carbocycles. The van der Waals surface area contributed by atoms with E-state index in [1.54, 1.807) is 0 Å². The van der Waals surface area contributed by atoms with Gasteiger partial charge in [-0.05, 0) is 124 Å². The predicted molar refractivity (Wildman–Crippen MR) is 156 cm³/mol. The van der Waals surface area contributed by atoms with Crippen LogP contribution in [0.25, 0.3) is 0 Å². The molecule has 0 heterocycles. The second-order valence-electron chi connectivity index (χ2n) is 15.5. The van der Waals surface area contributed by atoms with Crippen LogP contribution >= 0.6 is 0 Å². The smallest absolute Gasteiger partial charge is 0.309 e. The molecule has 37 heavy (non-hydrogen) atoms. The van der Waals surface area contributed by atoms with E-state index in [9.17, 15) is 4.79 Å². The van der Waals surface area contributed by atoms with E-state index >= 15 is 0 Å². The van der Waals surface area contributed by atoms with Crippen molar-refractivity contribution in [1.82, 2.24) is 0 Å². The summed E-state index contributed by atoms with van der Waals surface area (Å²) < 4.78 is 13.0. The molecule has 4 aliphatic carbocycles. The summed E-state index contributed by atoms with van der Waals surface area (Å²) in [6.07, 6.45) is 9.76. The average Bonchev–Trinajstić information content (AvgIpc) is 2.77. The molecule has 4 heteroatoms. The molecular weight excluding hydrogens is 472 g/mol. The average molecular weight is 527 g/mol. The van der Waals surface area contributed by atoms with Gasteiger partial charge < -0.3 is 9.16 Å². The lowest BCUT2D eigenvalue weighted by Gasteiger charge is -2.61. The molecule has 2 atom stereocenters. The van der Waals surface area contributed by atoms with Crippen LogP contribution in [0.3, 0.4) is 0 Å². The van der Waals surface area contributed by atoms with Crippen molar-refractivity contribution in [2.45, 2.75) is 136 Å². The zero-order chi connectivity index (χ0) is 27.4. The Hall–Kier alpha value is -1.29. The van der Waals surface area contributed by atoms with Crippen LogP contribution in [0.1, 0.15) is 112 Å². The number of carbonyl (C=O) groups is 1. The van der Waals surface area contributed by atoms with Crippen LogP contribution in [0.15, 0.2) is 24.3 Å². The standard InChI is InChI=1S/C33H54O3Si/c1-11-32(8,27-12-14-28(15-13-27)36-37(9,10)30(3,4)5)19-23(2)29(34)35-31(6,7)33-20-24-16-25(21-33)18-26(17-24)22-33/h12-15,23-26H,11,16-22H2,1-10H3. The first-order valence-electron chi connectivity index (χ1n) is 15.0. The largest absolute Gasteiger partial charge is 0.544 e. The molecule has 1 aromatic rings. The van der Waals surface area contributed by atoms with Crippen molar-refractivity contribution in [3.8, 4) is 5.75 Å². The number of carbonyl (C=O) groups excluding carboxylic acids is 1. The van der Waals surface area contributed by atoms with Crippen molar-refractivity contribution in [1.29, 1.82) is 0 Å². The van der Waals surface area contributed by atoms with Gasteiger partial charge in [0, 0.05) is 5.41 Å². The Bertz CT molecular complexity index is 935. The quantitative estimate of drug-likeness (QED) is 0.237. The number of ether oxygens (including phenoxy) is 1. The maximum Gasteiger partial charge on any atom is 0.309 e. The summed E-state index contributed by atoms with van der Waals surface area (Å²) in [5.74, 6) is 3.37. The third kappa shape index (κ3) is 5.56. The Morgan fingerprint density at radius 2 is 1.43 bits per heavy atom. The molecule has 0 saturated heterocycles. The first-order valence-corrected chi connectivity index (χ1v) is 17.9. The van der Waals surface area contributed by atoms with Gasteiger partial charge in [-0.15, -0.1) is 0 Å². The second kappa shape index (κ2) is 9.72. The minimum atomic E-state index is -1.87. The lowest BCUT2D eigenvalue weighted by atomic mass is 9.46. The zero-order valence-corrected chi connectivity index (χ0v) is 26.5. The molecule has 0 spiro atoms. The molecular formula is C33H54O3Si. The number of rotatable bonds is 9. The van der Waals surface area contributed by atoms with E-state index < -0.39 is 8.32 Å². The highest BCUT2D eigenvalue weighted by Gasteiger charge is 2.59. The molecule has 1 aromatic carbocycles. The Morgan fingerprint density at radius 3 is 1.86 bits per heavy atom. The number of esters is 1. The van der Waals surface area contributed by atoms with E-state index in [1.807, 2.05) is 0 Å². The van der Waals surface area contributed by atoms with Crippen LogP contribution in [0, 0.1) is 29.1 Å². The first-order chi connectivity index (χ1) is 17.0. The van der Waals surface area contributed by atoms with Gasteiger partial charge in [0.05, 0.1) is 5.92 Å². The molecule has 0 aromatic heterocycles. The molecule has 208 valence electrons. The SMILES string of the molecule is CCC(C)(CC(C)C(=O)OC(C)(C)C12CC3CC(CC(C3)C1)C2)c1ccc(O[Si](C)(C)C(C)(C)C)cc1. The summed E-state index contributed by atoms with van der Waals surface area (Å²) in [5, 5.41) is 0.170. The van der Waals surface area contributed by atoms with E-state index in [2.05, 4.69) is 92.7 Å². The van der Waals surface area contributed by atoms with Crippen molar-refractivity contribution in [3.05, 3.63) is 29.8 Å². The molecule has 4 bridgehead atoms. The Balaban J connectivity index is 1.42. The van der Waals surface area contributed by atoms with Gasteiger partial charge in [0.1, 0.15) is 11.4 Å². The highest BCUT2D eigenvalue weighted by Crippen LogP contribution is 2.64. The fourth-order valence-corrected chi connectivity index (χ4v) is 8.94. The second-order valence-corrected chi connectivity index (χ2v) is 20.3. The van der Waals surface area contributed by atoms with Gasteiger partial charge in [0.15, 0.2) is 0 Å². The normalized spacial score (nSPS) is 30.1. The van der Waals surface area contributed by atoms with E-state index in [1.165, 1.54) is 44.1 Å². The molecule has 0 radical (unpaired) electrons. The van der Waals surface area contributed by atoms with Crippen LogP contribution < -0.4 is 4.43 Å². The lowest BCUT2D eigenvalue weighted by Crippen LogP contribution is -2.57. The van der Waals surface area contributed by atoms with E-state index in [4.69, 9.17) is 9.16 Å².